The van der Waals surface area contributed by atoms with Gasteiger partial charge in [0.25, 0.3) is 0 Å². The van der Waals surface area contributed by atoms with Crippen LogP contribution < -0.4 is 0 Å². The molecule has 5 aliphatic rings. The van der Waals surface area contributed by atoms with E-state index in [1.165, 1.54) is 44.9 Å². The fraction of sp³-hybridized carbons (Fsp3) is 0.958. The standard InChI is InChI=1S/C24H38O2/c1-16(25)26-19-10-13-23(2)18(15-19)6-8-20-21(23)11-14-24-12-4-3-5-17(24)7-9-22(20)24/h17-22H,3-15H2,1-2H3/t17-,18-,19+,20?,21?,22?,23-,24+/m0/s1. The van der Waals surface area contributed by atoms with Crippen molar-refractivity contribution in [3.63, 3.8) is 0 Å². The summed E-state index contributed by atoms with van der Waals surface area (Å²) in [5.41, 5.74) is 1.28. The van der Waals surface area contributed by atoms with Gasteiger partial charge in [0.2, 0.25) is 0 Å². The second-order valence-corrected chi connectivity index (χ2v) is 11.0. The normalized spacial score (nSPS) is 53.0. The lowest BCUT2D eigenvalue weighted by Gasteiger charge is -2.62. The number of hydrogen-bond donors (Lipinski definition) is 0. The van der Waals surface area contributed by atoms with Crippen molar-refractivity contribution in [1.29, 1.82) is 0 Å². The van der Waals surface area contributed by atoms with Crippen LogP contribution in [0, 0.1) is 40.4 Å². The lowest BCUT2D eigenvalue weighted by atomic mass is 9.43. The molecule has 8 atom stereocenters. The van der Waals surface area contributed by atoms with E-state index in [2.05, 4.69) is 6.92 Å². The van der Waals surface area contributed by atoms with Gasteiger partial charge in [0.05, 0.1) is 0 Å². The minimum absolute atomic E-state index is 0.0822. The van der Waals surface area contributed by atoms with Gasteiger partial charge in [-0.05, 0) is 111 Å². The van der Waals surface area contributed by atoms with Gasteiger partial charge >= 0.3 is 5.97 Å². The van der Waals surface area contributed by atoms with Crippen molar-refractivity contribution in [1.82, 2.24) is 0 Å². The Labute approximate surface area is 159 Å². The highest BCUT2D eigenvalue weighted by Gasteiger charge is 2.61. The number of rotatable bonds is 1. The van der Waals surface area contributed by atoms with Gasteiger partial charge in [-0.2, -0.15) is 0 Å². The zero-order valence-corrected chi connectivity index (χ0v) is 17.0. The minimum atomic E-state index is -0.0822. The van der Waals surface area contributed by atoms with Gasteiger partial charge in [-0.15, -0.1) is 0 Å². The molecule has 0 heterocycles. The average molecular weight is 359 g/mol. The summed E-state index contributed by atoms with van der Waals surface area (Å²) >= 11 is 0. The van der Waals surface area contributed by atoms with Crippen molar-refractivity contribution in [3.05, 3.63) is 0 Å². The smallest absolute Gasteiger partial charge is 0.302 e. The zero-order chi connectivity index (χ0) is 17.9. The summed E-state index contributed by atoms with van der Waals surface area (Å²) in [6, 6.07) is 0. The lowest BCUT2D eigenvalue weighted by Crippen LogP contribution is -2.55. The summed E-state index contributed by atoms with van der Waals surface area (Å²) in [6.45, 7) is 4.20. The molecule has 0 bridgehead atoms. The maximum atomic E-state index is 11.4. The van der Waals surface area contributed by atoms with E-state index in [1.807, 2.05) is 0 Å². The largest absolute Gasteiger partial charge is 0.463 e. The molecule has 5 fully saturated rings. The van der Waals surface area contributed by atoms with Crippen LogP contribution in [0.15, 0.2) is 0 Å². The second-order valence-electron chi connectivity index (χ2n) is 11.0. The monoisotopic (exact) mass is 358 g/mol. The van der Waals surface area contributed by atoms with E-state index < -0.39 is 0 Å². The van der Waals surface area contributed by atoms with Crippen LogP contribution >= 0.6 is 0 Å². The molecule has 0 aromatic heterocycles. The predicted octanol–water partition coefficient (Wildman–Crippen LogP) is 6.13. The number of carbonyl (C=O) groups excluding carboxylic acids is 1. The van der Waals surface area contributed by atoms with E-state index >= 15 is 0 Å². The number of fused-ring (bicyclic) bond motifs is 4. The molecular formula is C24H38O2. The van der Waals surface area contributed by atoms with Crippen molar-refractivity contribution in [2.45, 2.75) is 103 Å². The van der Waals surface area contributed by atoms with Gasteiger partial charge in [0, 0.05) is 6.92 Å². The van der Waals surface area contributed by atoms with Crippen molar-refractivity contribution in [2.24, 2.45) is 40.4 Å². The summed E-state index contributed by atoms with van der Waals surface area (Å²) in [5.74, 6) is 4.80. The highest BCUT2D eigenvalue weighted by Crippen LogP contribution is 2.70. The van der Waals surface area contributed by atoms with E-state index in [1.54, 1.807) is 32.6 Å². The molecule has 5 aliphatic carbocycles. The zero-order valence-electron chi connectivity index (χ0n) is 17.0. The number of hydrogen-bond acceptors (Lipinski definition) is 2. The van der Waals surface area contributed by atoms with Crippen molar-refractivity contribution in [3.8, 4) is 0 Å². The van der Waals surface area contributed by atoms with Crippen molar-refractivity contribution < 1.29 is 9.53 Å². The maximum Gasteiger partial charge on any atom is 0.302 e. The fourth-order valence-corrected chi connectivity index (χ4v) is 9.27. The molecule has 5 rings (SSSR count). The third-order valence-electron chi connectivity index (χ3n) is 10.3. The molecule has 2 nitrogen and oxygen atoms in total. The average Bonchev–Trinajstić information content (AvgIpc) is 3.01. The van der Waals surface area contributed by atoms with Crippen LogP contribution in [-0.2, 0) is 9.53 Å². The first-order valence-electron chi connectivity index (χ1n) is 11.7. The van der Waals surface area contributed by atoms with E-state index in [9.17, 15) is 4.79 Å². The Morgan fingerprint density at radius 2 is 1.69 bits per heavy atom. The van der Waals surface area contributed by atoms with E-state index in [-0.39, 0.29) is 12.1 Å². The second kappa shape index (κ2) is 6.24. The van der Waals surface area contributed by atoms with Gasteiger partial charge < -0.3 is 4.74 Å². The van der Waals surface area contributed by atoms with Gasteiger partial charge in [0.15, 0.2) is 0 Å². The highest BCUT2D eigenvalue weighted by molar-refractivity contribution is 5.66. The Morgan fingerprint density at radius 1 is 0.846 bits per heavy atom. The van der Waals surface area contributed by atoms with Crippen LogP contribution in [-0.4, -0.2) is 12.1 Å². The molecule has 0 radical (unpaired) electrons. The Kier molecular flexibility index (Phi) is 4.22. The molecule has 146 valence electrons. The van der Waals surface area contributed by atoms with E-state index in [0.717, 1.165) is 47.8 Å². The number of ether oxygens (including phenoxy) is 1. The predicted molar refractivity (Wildman–Crippen MR) is 104 cm³/mol. The maximum absolute atomic E-state index is 11.4. The van der Waals surface area contributed by atoms with E-state index in [0.29, 0.717) is 5.41 Å². The molecule has 0 aromatic carbocycles. The van der Waals surface area contributed by atoms with Crippen LogP contribution in [0.3, 0.4) is 0 Å². The quantitative estimate of drug-likeness (QED) is 0.527. The Bertz CT molecular complexity index is 571. The fourth-order valence-electron chi connectivity index (χ4n) is 9.27. The van der Waals surface area contributed by atoms with Crippen LogP contribution in [0.4, 0.5) is 0 Å². The Morgan fingerprint density at radius 3 is 2.54 bits per heavy atom. The molecule has 3 unspecified atom stereocenters. The Hall–Kier alpha value is -0.530. The molecule has 5 saturated carbocycles. The first kappa shape index (κ1) is 17.6. The molecule has 0 saturated heterocycles. The first-order chi connectivity index (χ1) is 12.5. The third-order valence-corrected chi connectivity index (χ3v) is 10.3. The molecule has 2 heteroatoms. The van der Waals surface area contributed by atoms with Crippen molar-refractivity contribution >= 4 is 5.97 Å². The first-order valence-corrected chi connectivity index (χ1v) is 11.7. The molecule has 0 aliphatic heterocycles. The Balaban J connectivity index is 1.36. The topological polar surface area (TPSA) is 26.3 Å². The van der Waals surface area contributed by atoms with Gasteiger partial charge in [-0.1, -0.05) is 19.8 Å². The van der Waals surface area contributed by atoms with E-state index in [4.69, 9.17) is 4.74 Å². The summed E-state index contributed by atoms with van der Waals surface area (Å²) in [5, 5.41) is 0. The summed E-state index contributed by atoms with van der Waals surface area (Å²) < 4.78 is 5.62. The minimum Gasteiger partial charge on any atom is -0.463 e. The number of carbonyl (C=O) groups is 1. The highest BCUT2D eigenvalue weighted by atomic mass is 16.5. The van der Waals surface area contributed by atoms with Gasteiger partial charge in [-0.3, -0.25) is 4.79 Å². The summed E-state index contributed by atoms with van der Waals surface area (Å²) in [7, 11) is 0. The molecule has 0 aromatic rings. The molecule has 26 heavy (non-hydrogen) atoms. The third kappa shape index (κ3) is 2.46. The summed E-state index contributed by atoms with van der Waals surface area (Å²) in [4.78, 5) is 11.4. The van der Waals surface area contributed by atoms with Crippen LogP contribution in [0.1, 0.15) is 97.3 Å². The van der Waals surface area contributed by atoms with Crippen LogP contribution in [0.2, 0.25) is 0 Å². The van der Waals surface area contributed by atoms with Crippen molar-refractivity contribution in [2.75, 3.05) is 0 Å². The molecule has 0 N–H and O–H groups in total. The SMILES string of the molecule is CC(=O)O[C@@H]1CC[C@]2(C)C3CC[C@]45CCCC[C@H]4CCC5C3CC[C@H]2C1. The lowest BCUT2D eigenvalue weighted by molar-refractivity contribution is -0.162. The van der Waals surface area contributed by atoms with Gasteiger partial charge in [0.1, 0.15) is 6.10 Å². The van der Waals surface area contributed by atoms with Gasteiger partial charge in [-0.25, -0.2) is 0 Å². The molecular weight excluding hydrogens is 320 g/mol. The van der Waals surface area contributed by atoms with Crippen LogP contribution in [0.5, 0.6) is 0 Å². The molecule has 1 spiro atoms. The number of esters is 1. The van der Waals surface area contributed by atoms with Crippen LogP contribution in [0.25, 0.3) is 0 Å². The molecule has 0 amide bonds. The summed E-state index contributed by atoms with van der Waals surface area (Å²) in [6.07, 6.45) is 18.8.